The number of hydrogen-bond donors (Lipinski definition) is 0. The lowest BCUT2D eigenvalue weighted by atomic mass is 10.6. The topological polar surface area (TPSA) is 59.9 Å². The summed E-state index contributed by atoms with van der Waals surface area (Å²) in [5, 5.41) is 0. The lowest BCUT2D eigenvalue weighted by Gasteiger charge is -1.99. The minimum Gasteiger partial charge on any atom is -0.229 e. The highest BCUT2D eigenvalue weighted by Gasteiger charge is 2.08. The van der Waals surface area contributed by atoms with Gasteiger partial charge in [0.05, 0.1) is 0 Å². The normalized spacial score (nSPS) is 11.6. The minimum atomic E-state index is -3.08. The van der Waals surface area contributed by atoms with E-state index in [4.69, 9.17) is 0 Å². The molecule has 13 heavy (non-hydrogen) atoms. The first-order valence-electron chi connectivity index (χ1n) is 3.23. The van der Waals surface area contributed by atoms with E-state index in [0.29, 0.717) is 9.21 Å². The fourth-order valence-electron chi connectivity index (χ4n) is 0.733. The molecule has 0 amide bonds. The number of hydrogen-bond acceptors (Lipinski definition) is 4. The van der Waals surface area contributed by atoms with Crippen LogP contribution in [0.5, 0.6) is 0 Å². The summed E-state index contributed by atoms with van der Waals surface area (Å²) >= 11 is 6.29. The maximum atomic E-state index is 10.9. The molecule has 1 aromatic heterocycles. The first-order valence-corrected chi connectivity index (χ1v) is 6.88. The van der Waals surface area contributed by atoms with Crippen molar-refractivity contribution in [3.8, 4) is 0 Å². The highest BCUT2D eigenvalue weighted by molar-refractivity contribution is 9.11. The number of nitrogens with zero attached hydrogens (tertiary/aromatic N) is 2. The summed E-state index contributed by atoms with van der Waals surface area (Å²) in [5.74, 6) is 0.133. The smallest absolute Gasteiger partial charge is 0.154 e. The van der Waals surface area contributed by atoms with Crippen LogP contribution < -0.4 is 0 Å². The van der Waals surface area contributed by atoms with Crippen LogP contribution in [0.1, 0.15) is 5.82 Å². The monoisotopic (exact) mass is 328 g/mol. The Morgan fingerprint density at radius 3 is 2.15 bits per heavy atom. The minimum absolute atomic E-state index is 0.148. The molecule has 72 valence electrons. The number of sulfone groups is 1. The average Bonchev–Trinajstić information content (AvgIpc) is 1.78. The summed E-state index contributed by atoms with van der Waals surface area (Å²) in [4.78, 5) is 7.83. The molecular formula is C6H6Br2N2O2S. The van der Waals surface area contributed by atoms with Crippen molar-refractivity contribution < 1.29 is 8.42 Å². The van der Waals surface area contributed by atoms with Crippen LogP contribution in [-0.4, -0.2) is 24.6 Å². The Hall–Kier alpha value is -0.0100. The van der Waals surface area contributed by atoms with Gasteiger partial charge in [0, 0.05) is 12.3 Å². The highest BCUT2D eigenvalue weighted by atomic mass is 79.9. The molecule has 1 aromatic rings. The summed E-state index contributed by atoms with van der Waals surface area (Å²) in [7, 11) is -3.08. The zero-order chi connectivity index (χ0) is 10.1. The summed E-state index contributed by atoms with van der Waals surface area (Å²) in [6.45, 7) is 0. The second-order valence-electron chi connectivity index (χ2n) is 2.50. The Bertz CT molecular complexity index is 398. The van der Waals surface area contributed by atoms with Crippen molar-refractivity contribution in [2.45, 2.75) is 5.75 Å². The fourth-order valence-corrected chi connectivity index (χ4v) is 2.48. The van der Waals surface area contributed by atoms with Gasteiger partial charge >= 0.3 is 0 Å². The van der Waals surface area contributed by atoms with E-state index in [1.807, 2.05) is 0 Å². The number of rotatable bonds is 2. The van der Waals surface area contributed by atoms with Crippen LogP contribution in [0.3, 0.4) is 0 Å². The zero-order valence-electron chi connectivity index (χ0n) is 6.66. The van der Waals surface area contributed by atoms with Gasteiger partial charge in [0.25, 0.3) is 0 Å². The SMILES string of the molecule is CS(=O)(=O)Cc1nc(Br)cc(Br)n1. The van der Waals surface area contributed by atoms with Crippen molar-refractivity contribution in [3.63, 3.8) is 0 Å². The molecule has 0 fully saturated rings. The maximum Gasteiger partial charge on any atom is 0.154 e. The molecule has 1 rings (SSSR count). The molecule has 0 aliphatic heterocycles. The maximum absolute atomic E-state index is 10.9. The van der Waals surface area contributed by atoms with Crippen LogP contribution >= 0.6 is 31.9 Å². The molecule has 0 N–H and O–H groups in total. The fraction of sp³-hybridized carbons (Fsp3) is 0.333. The molecule has 0 unspecified atom stereocenters. The predicted octanol–water partition coefficient (Wildman–Crippen LogP) is 1.55. The van der Waals surface area contributed by atoms with E-state index in [0.717, 1.165) is 6.26 Å². The van der Waals surface area contributed by atoms with Gasteiger partial charge in [-0.2, -0.15) is 0 Å². The van der Waals surface area contributed by atoms with Crippen LogP contribution in [0.25, 0.3) is 0 Å². The second-order valence-corrected chi connectivity index (χ2v) is 6.26. The van der Waals surface area contributed by atoms with Gasteiger partial charge in [-0.1, -0.05) is 0 Å². The van der Waals surface area contributed by atoms with Gasteiger partial charge in [0.1, 0.15) is 20.8 Å². The van der Waals surface area contributed by atoms with Crippen molar-refractivity contribution in [2.24, 2.45) is 0 Å². The van der Waals surface area contributed by atoms with Gasteiger partial charge in [-0.05, 0) is 31.9 Å². The van der Waals surface area contributed by atoms with Gasteiger partial charge < -0.3 is 0 Å². The van der Waals surface area contributed by atoms with Crippen LogP contribution in [0.4, 0.5) is 0 Å². The first kappa shape index (κ1) is 11.1. The van der Waals surface area contributed by atoms with Crippen molar-refractivity contribution >= 4 is 41.7 Å². The molecular weight excluding hydrogens is 324 g/mol. The third kappa shape index (κ3) is 4.15. The Balaban J connectivity index is 3.03. The predicted molar refractivity (Wildman–Crippen MR) is 56.0 cm³/mol. The summed E-state index contributed by atoms with van der Waals surface area (Å²) in [5.41, 5.74) is 0. The van der Waals surface area contributed by atoms with Crippen LogP contribution in [-0.2, 0) is 15.6 Å². The molecule has 0 aliphatic carbocycles. The number of aromatic nitrogens is 2. The molecule has 0 spiro atoms. The molecule has 0 saturated carbocycles. The van der Waals surface area contributed by atoms with Crippen LogP contribution in [0, 0.1) is 0 Å². The first-order chi connectivity index (χ1) is 5.87. The molecule has 0 aliphatic rings. The standard InChI is InChI=1S/C6H6Br2N2O2S/c1-13(11,12)3-6-9-4(7)2-5(8)10-6/h2H,3H2,1H3. The van der Waals surface area contributed by atoms with Crippen molar-refractivity contribution in [3.05, 3.63) is 21.1 Å². The molecule has 0 radical (unpaired) electrons. The van der Waals surface area contributed by atoms with Gasteiger partial charge in [-0.25, -0.2) is 18.4 Å². The van der Waals surface area contributed by atoms with E-state index in [1.54, 1.807) is 6.07 Å². The Kier molecular flexibility index (Phi) is 3.42. The van der Waals surface area contributed by atoms with E-state index in [1.165, 1.54) is 0 Å². The van der Waals surface area contributed by atoms with Gasteiger partial charge in [-0.3, -0.25) is 0 Å². The second kappa shape index (κ2) is 4.02. The Morgan fingerprint density at radius 2 is 1.77 bits per heavy atom. The van der Waals surface area contributed by atoms with Crippen molar-refractivity contribution in [1.82, 2.24) is 9.97 Å². The third-order valence-corrected chi connectivity index (χ3v) is 2.70. The van der Waals surface area contributed by atoms with E-state index in [2.05, 4.69) is 41.8 Å². The molecule has 7 heteroatoms. The average molecular weight is 330 g/mol. The van der Waals surface area contributed by atoms with Gasteiger partial charge in [0.2, 0.25) is 0 Å². The quantitative estimate of drug-likeness (QED) is 0.772. The van der Waals surface area contributed by atoms with Gasteiger partial charge in [0.15, 0.2) is 9.84 Å². The molecule has 4 nitrogen and oxygen atoms in total. The summed E-state index contributed by atoms with van der Waals surface area (Å²) in [6, 6.07) is 1.64. The molecule has 0 saturated heterocycles. The van der Waals surface area contributed by atoms with E-state index >= 15 is 0 Å². The molecule has 0 bridgehead atoms. The zero-order valence-corrected chi connectivity index (χ0v) is 10.6. The summed E-state index contributed by atoms with van der Waals surface area (Å²) < 4.78 is 23.0. The van der Waals surface area contributed by atoms with Crippen molar-refractivity contribution in [1.29, 1.82) is 0 Å². The van der Waals surface area contributed by atoms with Crippen LogP contribution in [0.15, 0.2) is 15.3 Å². The van der Waals surface area contributed by atoms with Gasteiger partial charge in [-0.15, -0.1) is 0 Å². The highest BCUT2D eigenvalue weighted by Crippen LogP contribution is 2.13. The number of halogens is 2. The summed E-state index contributed by atoms with van der Waals surface area (Å²) in [6.07, 6.45) is 1.14. The Labute approximate surface area is 93.0 Å². The molecule has 1 heterocycles. The Morgan fingerprint density at radius 1 is 1.31 bits per heavy atom. The molecule has 0 atom stereocenters. The molecule has 0 aromatic carbocycles. The van der Waals surface area contributed by atoms with Crippen LogP contribution in [0.2, 0.25) is 0 Å². The van der Waals surface area contributed by atoms with Crippen molar-refractivity contribution in [2.75, 3.05) is 6.26 Å². The lowest BCUT2D eigenvalue weighted by molar-refractivity contribution is 0.599. The lowest BCUT2D eigenvalue weighted by Crippen LogP contribution is -2.05. The van der Waals surface area contributed by atoms with E-state index in [9.17, 15) is 8.42 Å². The largest absolute Gasteiger partial charge is 0.229 e. The van der Waals surface area contributed by atoms with E-state index in [-0.39, 0.29) is 11.6 Å². The third-order valence-electron chi connectivity index (χ3n) is 1.10. The van der Waals surface area contributed by atoms with E-state index < -0.39 is 9.84 Å².